The van der Waals surface area contributed by atoms with Crippen LogP contribution in [0.15, 0.2) is 72.5 Å². The first-order chi connectivity index (χ1) is 13.5. The highest BCUT2D eigenvalue weighted by molar-refractivity contribution is 6.31. The number of esters is 1. The minimum Gasteiger partial charge on any atom is -0.452 e. The smallest absolute Gasteiger partial charge is 0.343 e. The topological polar surface area (TPSA) is 52.6 Å². The Morgan fingerprint density at radius 1 is 1.04 bits per heavy atom. The highest BCUT2D eigenvalue weighted by Crippen LogP contribution is 2.34. The maximum atomic E-state index is 12.6. The van der Waals surface area contributed by atoms with Gasteiger partial charge in [-0.3, -0.25) is 4.79 Å². The van der Waals surface area contributed by atoms with Crippen molar-refractivity contribution >= 4 is 29.4 Å². The second kappa shape index (κ2) is 7.33. The lowest BCUT2D eigenvalue weighted by Crippen LogP contribution is -2.09. The van der Waals surface area contributed by atoms with Gasteiger partial charge in [0.2, 0.25) is 5.78 Å². The molecule has 0 N–H and O–H groups in total. The van der Waals surface area contributed by atoms with E-state index in [-0.39, 0.29) is 11.5 Å². The molecule has 3 aromatic rings. The van der Waals surface area contributed by atoms with Gasteiger partial charge in [0.25, 0.3) is 0 Å². The molecular weight excluding hydrogens is 376 g/mol. The van der Waals surface area contributed by atoms with Crippen molar-refractivity contribution in [3.63, 3.8) is 0 Å². The van der Waals surface area contributed by atoms with E-state index in [2.05, 4.69) is 0 Å². The monoisotopic (exact) mass is 390 g/mol. The summed E-state index contributed by atoms with van der Waals surface area (Å²) in [5.41, 5.74) is 2.47. The number of benzene rings is 3. The number of fused-ring (bicyclic) bond motifs is 1. The Labute approximate surface area is 167 Å². The van der Waals surface area contributed by atoms with Crippen molar-refractivity contribution in [3.05, 3.63) is 99.8 Å². The molecule has 0 amide bonds. The Bertz CT molecular complexity index is 1110. The number of ketones is 1. The Balaban J connectivity index is 1.62. The van der Waals surface area contributed by atoms with Crippen molar-refractivity contribution in [1.29, 1.82) is 0 Å². The first-order valence-corrected chi connectivity index (χ1v) is 9.01. The molecule has 1 heterocycles. The number of hydrogen-bond donors (Lipinski definition) is 0. The van der Waals surface area contributed by atoms with Gasteiger partial charge >= 0.3 is 5.97 Å². The van der Waals surface area contributed by atoms with Gasteiger partial charge in [0.15, 0.2) is 5.76 Å². The molecule has 4 nitrogen and oxygen atoms in total. The normalized spacial score (nSPS) is 13.9. The summed E-state index contributed by atoms with van der Waals surface area (Å²) >= 11 is 5.96. The third-order valence-corrected chi connectivity index (χ3v) is 4.56. The first kappa shape index (κ1) is 18.0. The number of allylic oxidation sites excluding steroid dienone is 1. The van der Waals surface area contributed by atoms with Crippen LogP contribution in [0, 0.1) is 6.92 Å². The predicted molar refractivity (Wildman–Crippen MR) is 107 cm³/mol. The fourth-order valence-corrected chi connectivity index (χ4v) is 3.02. The molecule has 5 heteroatoms. The summed E-state index contributed by atoms with van der Waals surface area (Å²) in [6, 6.07) is 19.0. The number of halogens is 1. The van der Waals surface area contributed by atoms with Crippen LogP contribution in [0.25, 0.3) is 6.08 Å². The van der Waals surface area contributed by atoms with Crippen LogP contribution in [-0.4, -0.2) is 11.8 Å². The fraction of sp³-hybridized carbons (Fsp3) is 0.0435. The molecule has 0 spiro atoms. The quantitative estimate of drug-likeness (QED) is 0.337. The van der Waals surface area contributed by atoms with E-state index in [0.717, 1.165) is 5.56 Å². The van der Waals surface area contributed by atoms with Crippen molar-refractivity contribution in [3.8, 4) is 11.5 Å². The van der Waals surface area contributed by atoms with Gasteiger partial charge < -0.3 is 9.47 Å². The molecule has 0 fully saturated rings. The van der Waals surface area contributed by atoms with Crippen molar-refractivity contribution < 1.29 is 19.1 Å². The molecule has 0 radical (unpaired) electrons. The summed E-state index contributed by atoms with van der Waals surface area (Å²) < 4.78 is 11.2. The van der Waals surface area contributed by atoms with Crippen LogP contribution in [0.4, 0.5) is 0 Å². The first-order valence-electron chi connectivity index (χ1n) is 8.63. The number of carbonyl (C=O) groups excluding carboxylic acids is 2. The van der Waals surface area contributed by atoms with Gasteiger partial charge in [-0.2, -0.15) is 0 Å². The Morgan fingerprint density at radius 3 is 2.57 bits per heavy atom. The van der Waals surface area contributed by atoms with E-state index in [1.807, 2.05) is 19.1 Å². The van der Waals surface area contributed by atoms with Gasteiger partial charge in [0, 0.05) is 10.6 Å². The number of rotatable bonds is 3. The Kier molecular flexibility index (Phi) is 4.72. The lowest BCUT2D eigenvalue weighted by molar-refractivity contribution is 0.0734. The summed E-state index contributed by atoms with van der Waals surface area (Å²) in [6.07, 6.45) is 1.56. The highest BCUT2D eigenvalue weighted by atomic mass is 35.5. The summed E-state index contributed by atoms with van der Waals surface area (Å²) in [7, 11) is 0. The number of aryl methyl sites for hydroxylation is 1. The maximum absolute atomic E-state index is 12.6. The minimum absolute atomic E-state index is 0.149. The number of para-hydroxylation sites is 1. The van der Waals surface area contributed by atoms with Crippen LogP contribution in [0.1, 0.15) is 31.8 Å². The molecule has 0 aliphatic carbocycles. The fourth-order valence-electron chi connectivity index (χ4n) is 2.84. The van der Waals surface area contributed by atoms with Gasteiger partial charge in [-0.05, 0) is 49.4 Å². The zero-order valence-corrected chi connectivity index (χ0v) is 15.7. The van der Waals surface area contributed by atoms with Crippen molar-refractivity contribution in [1.82, 2.24) is 0 Å². The maximum Gasteiger partial charge on any atom is 0.343 e. The lowest BCUT2D eigenvalue weighted by Gasteiger charge is -2.08. The standard InChI is InChI=1S/C23H15ClO4/c1-14-6-8-15(9-7-14)23(26)28-19-5-3-2-4-16(19)12-21-22(25)18-13-17(24)10-11-20(18)27-21/h2-13H,1H3. The number of ether oxygens (including phenoxy) is 2. The van der Waals surface area contributed by atoms with E-state index in [4.69, 9.17) is 21.1 Å². The zero-order valence-electron chi connectivity index (χ0n) is 14.9. The van der Waals surface area contributed by atoms with Crippen LogP contribution < -0.4 is 9.47 Å². The lowest BCUT2D eigenvalue weighted by atomic mass is 10.1. The molecule has 138 valence electrons. The van der Waals surface area contributed by atoms with Crippen LogP contribution >= 0.6 is 11.6 Å². The summed E-state index contributed by atoms with van der Waals surface area (Å²) in [5, 5.41) is 0.462. The third kappa shape index (κ3) is 3.55. The molecule has 0 aromatic heterocycles. The minimum atomic E-state index is -0.473. The summed E-state index contributed by atoms with van der Waals surface area (Å²) in [4.78, 5) is 25.0. The van der Waals surface area contributed by atoms with E-state index in [1.165, 1.54) is 0 Å². The van der Waals surface area contributed by atoms with Gasteiger partial charge in [0.05, 0.1) is 11.1 Å². The average Bonchev–Trinajstić information content (AvgIpc) is 2.99. The van der Waals surface area contributed by atoms with Crippen molar-refractivity contribution in [2.45, 2.75) is 6.92 Å². The van der Waals surface area contributed by atoms with Crippen LogP contribution in [0.2, 0.25) is 5.02 Å². The molecule has 28 heavy (non-hydrogen) atoms. The SMILES string of the molecule is Cc1ccc(C(=O)Oc2ccccc2C=C2Oc3ccc(Cl)cc3C2=O)cc1. The van der Waals surface area contributed by atoms with E-state index in [9.17, 15) is 9.59 Å². The molecule has 3 aromatic carbocycles. The number of hydrogen-bond acceptors (Lipinski definition) is 4. The summed E-state index contributed by atoms with van der Waals surface area (Å²) in [5.74, 6) is 0.202. The summed E-state index contributed by atoms with van der Waals surface area (Å²) in [6.45, 7) is 1.94. The number of carbonyl (C=O) groups is 2. The van der Waals surface area contributed by atoms with Gasteiger partial charge in [-0.25, -0.2) is 4.79 Å². The van der Waals surface area contributed by atoms with E-state index < -0.39 is 5.97 Å². The third-order valence-electron chi connectivity index (χ3n) is 4.33. The van der Waals surface area contributed by atoms with Gasteiger partial charge in [-0.15, -0.1) is 0 Å². The molecule has 1 aliphatic rings. The molecule has 0 atom stereocenters. The second-order valence-electron chi connectivity index (χ2n) is 6.37. The molecule has 4 rings (SSSR count). The van der Waals surface area contributed by atoms with Crippen molar-refractivity contribution in [2.24, 2.45) is 0 Å². The van der Waals surface area contributed by atoms with Gasteiger partial charge in [0.1, 0.15) is 11.5 Å². The van der Waals surface area contributed by atoms with Crippen LogP contribution in [0.5, 0.6) is 11.5 Å². The van der Waals surface area contributed by atoms with Crippen LogP contribution in [-0.2, 0) is 0 Å². The molecular formula is C23H15ClO4. The molecule has 0 bridgehead atoms. The van der Waals surface area contributed by atoms with E-state index in [0.29, 0.717) is 33.2 Å². The largest absolute Gasteiger partial charge is 0.452 e. The number of Topliss-reactive ketones (excluding diaryl/α,β-unsaturated/α-hetero) is 1. The second-order valence-corrected chi connectivity index (χ2v) is 6.81. The zero-order chi connectivity index (χ0) is 19.7. The predicted octanol–water partition coefficient (Wildman–Crippen LogP) is 5.48. The average molecular weight is 391 g/mol. The van der Waals surface area contributed by atoms with E-state index in [1.54, 1.807) is 60.7 Å². The van der Waals surface area contributed by atoms with Gasteiger partial charge in [-0.1, -0.05) is 47.5 Å². The molecule has 0 saturated carbocycles. The Hall–Kier alpha value is -3.37. The van der Waals surface area contributed by atoms with E-state index >= 15 is 0 Å². The van der Waals surface area contributed by atoms with Crippen LogP contribution in [0.3, 0.4) is 0 Å². The Morgan fingerprint density at radius 2 is 1.79 bits per heavy atom. The highest BCUT2D eigenvalue weighted by Gasteiger charge is 2.27. The molecule has 0 unspecified atom stereocenters. The molecule has 0 saturated heterocycles. The van der Waals surface area contributed by atoms with Crippen molar-refractivity contribution in [2.75, 3.05) is 0 Å². The molecule has 1 aliphatic heterocycles.